The number of H-pyrrole nitrogens is 1. The van der Waals surface area contributed by atoms with Gasteiger partial charge in [0.05, 0.1) is 17.9 Å². The molecule has 1 aromatic heterocycles. The summed E-state index contributed by atoms with van der Waals surface area (Å²) >= 11 is 0. The number of hydrogen-bond acceptors (Lipinski definition) is 4. The van der Waals surface area contributed by atoms with E-state index in [0.717, 1.165) is 0 Å². The summed E-state index contributed by atoms with van der Waals surface area (Å²) in [6.45, 7) is 3.77. The van der Waals surface area contributed by atoms with Crippen LogP contribution in [0.4, 0.5) is 0 Å². The molecule has 0 spiro atoms. The Morgan fingerprint density at radius 3 is 2.59 bits per heavy atom. The second-order valence-electron chi connectivity index (χ2n) is 3.95. The first-order valence-corrected chi connectivity index (χ1v) is 6.65. The summed E-state index contributed by atoms with van der Waals surface area (Å²) in [4.78, 5) is 11.4. The summed E-state index contributed by atoms with van der Waals surface area (Å²) in [6, 6.07) is 0. The fourth-order valence-electron chi connectivity index (χ4n) is 1.87. The van der Waals surface area contributed by atoms with Crippen LogP contribution in [-0.4, -0.2) is 48.5 Å². The van der Waals surface area contributed by atoms with E-state index >= 15 is 0 Å². The lowest BCUT2D eigenvalue weighted by atomic mass is 10.4. The molecule has 2 N–H and O–H groups in total. The minimum absolute atomic E-state index is 0.133. The molecule has 7 nitrogen and oxygen atoms in total. The minimum atomic E-state index is -3.63. The summed E-state index contributed by atoms with van der Waals surface area (Å²) in [5.41, 5.74) is 0.918. The van der Waals surface area contributed by atoms with Gasteiger partial charge in [0.25, 0.3) is 0 Å². The topological polar surface area (TPSA) is 95.2 Å². The van der Waals surface area contributed by atoms with E-state index in [1.54, 1.807) is 13.8 Å². The third-order valence-electron chi connectivity index (χ3n) is 2.66. The highest BCUT2D eigenvalue weighted by atomic mass is 32.2. The molecule has 0 saturated carbocycles. The van der Waals surface area contributed by atoms with E-state index in [9.17, 15) is 13.2 Å². The summed E-state index contributed by atoms with van der Waals surface area (Å²) < 4.78 is 25.8. The molecular weight excluding hydrogens is 244 g/mol. The summed E-state index contributed by atoms with van der Waals surface area (Å²) in [5.74, 6) is -0.279. The zero-order chi connectivity index (χ0) is 12.6. The van der Waals surface area contributed by atoms with Gasteiger partial charge in [-0.2, -0.15) is 9.40 Å². The Kier molecular flexibility index (Phi) is 2.92. The number of aryl methyl sites for hydroxylation is 2. The van der Waals surface area contributed by atoms with Gasteiger partial charge in [-0.3, -0.25) is 9.89 Å². The standard InChI is InChI=1S/C9H14N4O3S/c1-6-9(7(2)12-11-6)17(15,16)13-4-3-10-8(14)5-13/h3-5H2,1-2H3,(H,10,14)(H,11,12). The molecule has 0 radical (unpaired) electrons. The third kappa shape index (κ3) is 2.05. The highest BCUT2D eigenvalue weighted by molar-refractivity contribution is 7.89. The van der Waals surface area contributed by atoms with Crippen molar-refractivity contribution in [1.82, 2.24) is 19.8 Å². The lowest BCUT2D eigenvalue weighted by Crippen LogP contribution is -2.49. The Morgan fingerprint density at radius 2 is 2.06 bits per heavy atom. The van der Waals surface area contributed by atoms with Crippen LogP contribution in [0.3, 0.4) is 0 Å². The summed E-state index contributed by atoms with van der Waals surface area (Å²) in [5, 5.41) is 9.09. The monoisotopic (exact) mass is 258 g/mol. The lowest BCUT2D eigenvalue weighted by molar-refractivity contribution is -0.122. The van der Waals surface area contributed by atoms with Gasteiger partial charge < -0.3 is 5.32 Å². The second kappa shape index (κ2) is 4.11. The number of sulfonamides is 1. The van der Waals surface area contributed by atoms with E-state index in [1.807, 2.05) is 0 Å². The molecule has 17 heavy (non-hydrogen) atoms. The van der Waals surface area contributed by atoms with E-state index in [4.69, 9.17) is 0 Å². The number of rotatable bonds is 2. The number of piperazine rings is 1. The van der Waals surface area contributed by atoms with Crippen molar-refractivity contribution >= 4 is 15.9 Å². The maximum atomic E-state index is 12.3. The highest BCUT2D eigenvalue weighted by Gasteiger charge is 2.32. The molecule has 8 heteroatoms. The van der Waals surface area contributed by atoms with Crippen LogP contribution in [-0.2, 0) is 14.8 Å². The summed E-state index contributed by atoms with van der Waals surface area (Å²) in [6.07, 6.45) is 0. The van der Waals surface area contributed by atoms with Gasteiger partial charge in [0.2, 0.25) is 15.9 Å². The van der Waals surface area contributed by atoms with Crippen LogP contribution in [0, 0.1) is 13.8 Å². The van der Waals surface area contributed by atoms with Gasteiger partial charge in [-0.15, -0.1) is 0 Å². The number of nitrogens with zero attached hydrogens (tertiary/aromatic N) is 2. The average molecular weight is 258 g/mol. The Balaban J connectivity index is 2.40. The third-order valence-corrected chi connectivity index (χ3v) is 4.77. The van der Waals surface area contributed by atoms with Gasteiger partial charge in [-0.1, -0.05) is 0 Å². The first-order chi connectivity index (χ1) is 7.93. The van der Waals surface area contributed by atoms with Crippen molar-refractivity contribution in [2.24, 2.45) is 0 Å². The van der Waals surface area contributed by atoms with E-state index in [2.05, 4.69) is 15.5 Å². The van der Waals surface area contributed by atoms with E-state index in [1.165, 1.54) is 4.31 Å². The molecule has 1 amide bonds. The van der Waals surface area contributed by atoms with E-state index < -0.39 is 10.0 Å². The number of hydrogen-bond donors (Lipinski definition) is 2. The van der Waals surface area contributed by atoms with Crippen molar-refractivity contribution in [3.8, 4) is 0 Å². The molecular formula is C9H14N4O3S. The van der Waals surface area contributed by atoms with Crippen LogP contribution in [0.5, 0.6) is 0 Å². The maximum Gasteiger partial charge on any atom is 0.247 e. The lowest BCUT2D eigenvalue weighted by Gasteiger charge is -2.25. The molecule has 1 aliphatic rings. The Morgan fingerprint density at radius 1 is 1.35 bits per heavy atom. The number of nitrogens with one attached hydrogen (secondary N) is 2. The molecule has 0 aliphatic carbocycles. The van der Waals surface area contributed by atoms with Crippen molar-refractivity contribution in [2.75, 3.05) is 19.6 Å². The zero-order valence-corrected chi connectivity index (χ0v) is 10.5. The Bertz CT molecular complexity index is 529. The van der Waals surface area contributed by atoms with Gasteiger partial charge in [0, 0.05) is 13.1 Å². The zero-order valence-electron chi connectivity index (χ0n) is 9.65. The maximum absolute atomic E-state index is 12.3. The molecule has 0 atom stereocenters. The fraction of sp³-hybridized carbons (Fsp3) is 0.556. The molecule has 1 aliphatic heterocycles. The van der Waals surface area contributed by atoms with Crippen LogP contribution in [0.2, 0.25) is 0 Å². The summed E-state index contributed by atoms with van der Waals surface area (Å²) in [7, 11) is -3.63. The van der Waals surface area contributed by atoms with E-state index in [0.29, 0.717) is 17.9 Å². The number of carbonyl (C=O) groups excluding carboxylic acids is 1. The molecule has 1 aromatic rings. The number of carbonyl (C=O) groups is 1. The van der Waals surface area contributed by atoms with Crippen LogP contribution < -0.4 is 5.32 Å². The van der Waals surface area contributed by atoms with Crippen molar-refractivity contribution in [2.45, 2.75) is 18.7 Å². The quantitative estimate of drug-likeness (QED) is 0.722. The fourth-order valence-corrected chi connectivity index (χ4v) is 3.60. The number of amides is 1. The molecule has 94 valence electrons. The largest absolute Gasteiger partial charge is 0.354 e. The van der Waals surface area contributed by atoms with Crippen LogP contribution >= 0.6 is 0 Å². The van der Waals surface area contributed by atoms with E-state index in [-0.39, 0.29) is 23.9 Å². The first-order valence-electron chi connectivity index (χ1n) is 5.21. The molecule has 0 aromatic carbocycles. The molecule has 0 bridgehead atoms. The molecule has 1 fully saturated rings. The number of aromatic nitrogens is 2. The van der Waals surface area contributed by atoms with Crippen molar-refractivity contribution in [3.63, 3.8) is 0 Å². The molecule has 1 saturated heterocycles. The van der Waals surface area contributed by atoms with Gasteiger partial charge in [-0.25, -0.2) is 8.42 Å². The Hall–Kier alpha value is -1.41. The SMILES string of the molecule is Cc1n[nH]c(C)c1S(=O)(=O)N1CCNC(=O)C1. The normalized spacial score (nSPS) is 18.1. The second-order valence-corrected chi connectivity index (χ2v) is 5.83. The van der Waals surface area contributed by atoms with Crippen LogP contribution in [0.15, 0.2) is 4.90 Å². The molecule has 2 heterocycles. The van der Waals surface area contributed by atoms with Crippen molar-refractivity contribution < 1.29 is 13.2 Å². The smallest absolute Gasteiger partial charge is 0.247 e. The van der Waals surface area contributed by atoms with Crippen molar-refractivity contribution in [1.29, 1.82) is 0 Å². The van der Waals surface area contributed by atoms with Gasteiger partial charge >= 0.3 is 0 Å². The van der Waals surface area contributed by atoms with Gasteiger partial charge in [-0.05, 0) is 13.8 Å². The number of aromatic amines is 1. The first kappa shape index (κ1) is 12.1. The van der Waals surface area contributed by atoms with Crippen molar-refractivity contribution in [3.05, 3.63) is 11.4 Å². The van der Waals surface area contributed by atoms with Gasteiger partial charge in [0.1, 0.15) is 4.90 Å². The highest BCUT2D eigenvalue weighted by Crippen LogP contribution is 2.21. The predicted octanol–water partition coefficient (Wildman–Crippen LogP) is -0.853. The average Bonchev–Trinajstić information content (AvgIpc) is 2.59. The van der Waals surface area contributed by atoms with Gasteiger partial charge in [0.15, 0.2) is 0 Å². The Labute approximate surface area is 99.2 Å². The molecule has 0 unspecified atom stereocenters. The molecule has 2 rings (SSSR count). The minimum Gasteiger partial charge on any atom is -0.354 e. The van der Waals surface area contributed by atoms with Crippen LogP contribution in [0.25, 0.3) is 0 Å². The van der Waals surface area contributed by atoms with Crippen LogP contribution in [0.1, 0.15) is 11.4 Å². The predicted molar refractivity (Wildman–Crippen MR) is 59.8 cm³/mol.